The second kappa shape index (κ2) is 5.09. The standard InChI is InChI=1S/C15H10IN5O/c16-8-1-3-12-10(5-8)11(15(22)18-12)7-17-9-2-4-13-14(6-9)20-21-19-13/h1-7,18,22H,(H,19,20,21). The summed E-state index contributed by atoms with van der Waals surface area (Å²) in [5.74, 6) is 0.114. The van der Waals surface area contributed by atoms with E-state index < -0.39 is 0 Å². The molecule has 0 saturated carbocycles. The summed E-state index contributed by atoms with van der Waals surface area (Å²) in [6.45, 7) is 0. The molecule has 0 atom stereocenters. The van der Waals surface area contributed by atoms with E-state index in [0.29, 0.717) is 5.56 Å². The molecule has 0 radical (unpaired) electrons. The van der Waals surface area contributed by atoms with Crippen molar-refractivity contribution in [2.24, 2.45) is 4.99 Å². The van der Waals surface area contributed by atoms with Crippen molar-refractivity contribution in [2.45, 2.75) is 0 Å². The Balaban J connectivity index is 1.78. The van der Waals surface area contributed by atoms with Crippen molar-refractivity contribution >= 4 is 56.4 Å². The van der Waals surface area contributed by atoms with Crippen molar-refractivity contribution in [2.75, 3.05) is 0 Å². The average molecular weight is 403 g/mol. The molecule has 0 unspecified atom stereocenters. The van der Waals surface area contributed by atoms with Gasteiger partial charge in [0.1, 0.15) is 11.0 Å². The van der Waals surface area contributed by atoms with Gasteiger partial charge in [0.25, 0.3) is 0 Å². The summed E-state index contributed by atoms with van der Waals surface area (Å²) in [6.07, 6.45) is 1.66. The number of aromatic amines is 2. The maximum atomic E-state index is 10.1. The van der Waals surface area contributed by atoms with E-state index in [4.69, 9.17) is 0 Å². The fourth-order valence-electron chi connectivity index (χ4n) is 2.35. The van der Waals surface area contributed by atoms with E-state index in [1.807, 2.05) is 36.4 Å². The Hall–Kier alpha value is -2.42. The molecule has 2 aromatic heterocycles. The number of halogens is 1. The first-order chi connectivity index (χ1) is 10.7. The van der Waals surface area contributed by atoms with Gasteiger partial charge >= 0.3 is 0 Å². The van der Waals surface area contributed by atoms with Crippen LogP contribution in [0.3, 0.4) is 0 Å². The third kappa shape index (κ3) is 2.23. The molecule has 0 bridgehead atoms. The zero-order chi connectivity index (χ0) is 15.1. The van der Waals surface area contributed by atoms with E-state index in [1.165, 1.54) is 0 Å². The molecule has 0 saturated heterocycles. The predicted molar refractivity (Wildman–Crippen MR) is 93.8 cm³/mol. The number of benzene rings is 2. The van der Waals surface area contributed by atoms with Crippen molar-refractivity contribution in [3.8, 4) is 5.88 Å². The number of aromatic nitrogens is 4. The van der Waals surface area contributed by atoms with Gasteiger partial charge in [-0.15, -0.1) is 0 Å². The maximum Gasteiger partial charge on any atom is 0.198 e. The van der Waals surface area contributed by atoms with E-state index in [-0.39, 0.29) is 5.88 Å². The molecular formula is C15H10IN5O. The smallest absolute Gasteiger partial charge is 0.198 e. The lowest BCUT2D eigenvalue weighted by Gasteiger charge is -1.95. The number of nitrogens with one attached hydrogen (secondary N) is 2. The molecule has 0 aliphatic carbocycles. The van der Waals surface area contributed by atoms with Crippen molar-refractivity contribution in [3.63, 3.8) is 0 Å². The molecule has 0 amide bonds. The van der Waals surface area contributed by atoms with Gasteiger partial charge in [-0.2, -0.15) is 15.4 Å². The largest absolute Gasteiger partial charge is 0.494 e. The molecule has 0 fully saturated rings. The lowest BCUT2D eigenvalue weighted by atomic mass is 10.2. The monoisotopic (exact) mass is 403 g/mol. The van der Waals surface area contributed by atoms with Crippen LogP contribution in [0.15, 0.2) is 41.4 Å². The number of fused-ring (bicyclic) bond motifs is 2. The van der Waals surface area contributed by atoms with Gasteiger partial charge in [-0.05, 0) is 59.0 Å². The van der Waals surface area contributed by atoms with E-state index in [9.17, 15) is 5.11 Å². The summed E-state index contributed by atoms with van der Waals surface area (Å²) in [5.41, 5.74) is 3.86. The molecule has 4 rings (SSSR count). The minimum absolute atomic E-state index is 0.114. The Morgan fingerprint density at radius 1 is 1.09 bits per heavy atom. The van der Waals surface area contributed by atoms with Gasteiger partial charge in [0.2, 0.25) is 0 Å². The molecule has 7 heteroatoms. The highest BCUT2D eigenvalue weighted by Gasteiger charge is 2.09. The number of aliphatic imine (C=N–C) groups is 1. The van der Waals surface area contributed by atoms with E-state index in [2.05, 4.69) is 48.0 Å². The lowest BCUT2D eigenvalue weighted by Crippen LogP contribution is -1.80. The topological polar surface area (TPSA) is 90.0 Å². The molecule has 22 heavy (non-hydrogen) atoms. The van der Waals surface area contributed by atoms with Gasteiger partial charge in [-0.25, -0.2) is 0 Å². The summed E-state index contributed by atoms with van der Waals surface area (Å²) >= 11 is 2.24. The van der Waals surface area contributed by atoms with Gasteiger partial charge in [-0.3, -0.25) is 4.99 Å². The van der Waals surface area contributed by atoms with E-state index in [1.54, 1.807) is 6.21 Å². The zero-order valence-electron chi connectivity index (χ0n) is 11.2. The summed E-state index contributed by atoms with van der Waals surface area (Å²) in [4.78, 5) is 7.38. The van der Waals surface area contributed by atoms with Gasteiger partial charge in [0.05, 0.1) is 11.3 Å². The van der Waals surface area contributed by atoms with Gasteiger partial charge in [-0.1, -0.05) is 0 Å². The molecule has 2 aromatic carbocycles. The Morgan fingerprint density at radius 2 is 1.95 bits per heavy atom. The Kier molecular flexibility index (Phi) is 3.07. The fraction of sp³-hybridized carbons (Fsp3) is 0. The summed E-state index contributed by atoms with van der Waals surface area (Å²) in [5, 5.41) is 21.6. The van der Waals surface area contributed by atoms with Crippen LogP contribution in [0.4, 0.5) is 5.69 Å². The number of hydrogen-bond donors (Lipinski definition) is 3. The van der Waals surface area contributed by atoms with Crippen LogP contribution in [0.1, 0.15) is 5.56 Å². The first-order valence-electron chi connectivity index (χ1n) is 6.55. The highest BCUT2D eigenvalue weighted by molar-refractivity contribution is 14.1. The zero-order valence-corrected chi connectivity index (χ0v) is 13.4. The maximum absolute atomic E-state index is 10.1. The summed E-state index contributed by atoms with van der Waals surface area (Å²) in [7, 11) is 0. The van der Waals surface area contributed by atoms with Gasteiger partial charge in [0.15, 0.2) is 5.88 Å². The lowest BCUT2D eigenvalue weighted by molar-refractivity contribution is 0.457. The van der Waals surface area contributed by atoms with Crippen LogP contribution >= 0.6 is 22.6 Å². The van der Waals surface area contributed by atoms with Crippen molar-refractivity contribution in [3.05, 3.63) is 45.5 Å². The molecular weight excluding hydrogens is 393 g/mol. The molecule has 2 heterocycles. The highest BCUT2D eigenvalue weighted by atomic mass is 127. The van der Waals surface area contributed by atoms with E-state index >= 15 is 0 Å². The average Bonchev–Trinajstić information content (AvgIpc) is 3.08. The highest BCUT2D eigenvalue weighted by Crippen LogP contribution is 2.28. The number of rotatable bonds is 2. The molecule has 108 valence electrons. The van der Waals surface area contributed by atoms with Crippen molar-refractivity contribution in [1.82, 2.24) is 20.4 Å². The number of nitrogens with zero attached hydrogens (tertiary/aromatic N) is 3. The van der Waals surface area contributed by atoms with E-state index in [0.717, 1.165) is 31.2 Å². The first-order valence-corrected chi connectivity index (χ1v) is 7.63. The summed E-state index contributed by atoms with van der Waals surface area (Å²) < 4.78 is 1.10. The molecule has 0 aliphatic heterocycles. The van der Waals surface area contributed by atoms with Crippen molar-refractivity contribution < 1.29 is 5.11 Å². The normalized spacial score (nSPS) is 11.9. The molecule has 0 aliphatic rings. The quantitative estimate of drug-likeness (QED) is 0.354. The minimum Gasteiger partial charge on any atom is -0.494 e. The molecule has 3 N–H and O–H groups in total. The third-order valence-corrected chi connectivity index (χ3v) is 4.09. The third-order valence-electron chi connectivity index (χ3n) is 3.42. The summed E-state index contributed by atoms with van der Waals surface area (Å²) in [6, 6.07) is 11.5. The molecule has 6 nitrogen and oxygen atoms in total. The van der Waals surface area contributed by atoms with Crippen LogP contribution in [0, 0.1) is 3.57 Å². The van der Waals surface area contributed by atoms with Crippen LogP contribution in [-0.2, 0) is 0 Å². The second-order valence-electron chi connectivity index (χ2n) is 4.83. The molecule has 4 aromatic rings. The van der Waals surface area contributed by atoms with Crippen LogP contribution in [0.2, 0.25) is 0 Å². The second-order valence-corrected chi connectivity index (χ2v) is 6.08. The van der Waals surface area contributed by atoms with Gasteiger partial charge in [0, 0.05) is 20.7 Å². The van der Waals surface area contributed by atoms with Crippen molar-refractivity contribution in [1.29, 1.82) is 0 Å². The Morgan fingerprint density at radius 3 is 2.86 bits per heavy atom. The first kappa shape index (κ1) is 13.3. The van der Waals surface area contributed by atoms with Crippen LogP contribution in [0.25, 0.3) is 21.9 Å². The number of H-pyrrole nitrogens is 2. The van der Waals surface area contributed by atoms with Crippen LogP contribution < -0.4 is 0 Å². The number of hydrogen-bond acceptors (Lipinski definition) is 4. The fourth-order valence-corrected chi connectivity index (χ4v) is 2.84. The van der Waals surface area contributed by atoms with Gasteiger partial charge < -0.3 is 10.1 Å². The predicted octanol–water partition coefficient (Wildman–Crippen LogP) is 3.50. The van der Waals surface area contributed by atoms with Crippen LogP contribution in [-0.4, -0.2) is 31.7 Å². The van der Waals surface area contributed by atoms with Crippen LogP contribution in [0.5, 0.6) is 5.88 Å². The molecule has 0 spiro atoms. The SMILES string of the molecule is Oc1[nH]c2ccc(I)cc2c1C=Nc1ccc2n[nH]nc2c1. The Bertz CT molecular complexity index is 1020. The number of aromatic hydroxyl groups is 1. The minimum atomic E-state index is 0.114. The Labute approximate surface area is 138 Å².